The first kappa shape index (κ1) is 9.80. The Bertz CT molecular complexity index is 27.3. The van der Waals surface area contributed by atoms with Crippen LogP contribution in [0, 0.1) is 0 Å². The van der Waals surface area contributed by atoms with E-state index in [0.29, 0.717) is 6.42 Å². The van der Waals surface area contributed by atoms with Crippen LogP contribution in [0.4, 0.5) is 0 Å². The molecule has 44 valence electrons. The van der Waals surface area contributed by atoms with E-state index in [9.17, 15) is 4.79 Å². The Balaban J connectivity index is 0. The molecular weight excluding hydrogens is 92.1 g/mol. The third-order valence-corrected chi connectivity index (χ3v) is 0.407. The van der Waals surface area contributed by atoms with Gasteiger partial charge >= 0.3 is 0 Å². The third kappa shape index (κ3) is 27.9. The van der Waals surface area contributed by atoms with E-state index in [2.05, 4.69) is 0 Å². The van der Waals surface area contributed by atoms with Crippen LogP contribution in [0.15, 0.2) is 0 Å². The molecule has 0 bridgehead atoms. The summed E-state index contributed by atoms with van der Waals surface area (Å²) in [6, 6.07) is 0. The monoisotopic (exact) mass is 104 g/mol. The van der Waals surface area contributed by atoms with Crippen LogP contribution >= 0.6 is 0 Å². The van der Waals surface area contributed by atoms with Gasteiger partial charge in [0.2, 0.25) is 0 Å². The van der Waals surface area contributed by atoms with Crippen molar-refractivity contribution in [2.75, 3.05) is 7.11 Å². The molecule has 0 aromatic rings. The van der Waals surface area contributed by atoms with Crippen LogP contribution < -0.4 is 0 Å². The zero-order valence-electron chi connectivity index (χ0n) is 4.85. The van der Waals surface area contributed by atoms with Crippen molar-refractivity contribution in [1.82, 2.24) is 0 Å². The van der Waals surface area contributed by atoms with E-state index in [1.54, 1.807) is 0 Å². The standard InChI is InChI=1S/C4H8O.CH4O/c1-2-3-4-5;1-2/h4H,2-3H2,1H3;2H,1H3. The summed E-state index contributed by atoms with van der Waals surface area (Å²) in [4.78, 5) is 9.40. The number of hydrogen-bond donors (Lipinski definition) is 1. The van der Waals surface area contributed by atoms with E-state index in [-0.39, 0.29) is 0 Å². The summed E-state index contributed by atoms with van der Waals surface area (Å²) in [6.07, 6.45) is 2.61. The van der Waals surface area contributed by atoms with E-state index in [0.717, 1.165) is 19.8 Å². The highest BCUT2D eigenvalue weighted by Gasteiger charge is 1.66. The molecule has 0 rings (SSSR count). The molecule has 0 radical (unpaired) electrons. The van der Waals surface area contributed by atoms with E-state index >= 15 is 0 Å². The summed E-state index contributed by atoms with van der Waals surface area (Å²) in [6.45, 7) is 1.98. The number of aldehydes is 1. The van der Waals surface area contributed by atoms with Crippen LogP contribution in [0.25, 0.3) is 0 Å². The fourth-order valence-corrected chi connectivity index (χ4v) is 0.118. The second-order valence-electron chi connectivity index (χ2n) is 0.955. The molecule has 0 aromatic heterocycles. The highest BCUT2D eigenvalue weighted by atomic mass is 16.2. The van der Waals surface area contributed by atoms with E-state index in [4.69, 9.17) is 5.11 Å². The Kier molecular flexibility index (Phi) is 24.4. The fourth-order valence-electron chi connectivity index (χ4n) is 0.118. The van der Waals surface area contributed by atoms with Gasteiger partial charge in [0.05, 0.1) is 0 Å². The van der Waals surface area contributed by atoms with Crippen LogP contribution in [0.1, 0.15) is 19.8 Å². The summed E-state index contributed by atoms with van der Waals surface area (Å²) in [5.74, 6) is 0. The van der Waals surface area contributed by atoms with E-state index in [1.165, 1.54) is 0 Å². The molecule has 0 heterocycles. The van der Waals surface area contributed by atoms with Gasteiger partial charge in [-0.15, -0.1) is 0 Å². The van der Waals surface area contributed by atoms with Crippen molar-refractivity contribution in [2.45, 2.75) is 19.8 Å². The van der Waals surface area contributed by atoms with Gasteiger partial charge in [-0.1, -0.05) is 6.92 Å². The lowest BCUT2D eigenvalue weighted by Gasteiger charge is -1.68. The molecular formula is C5H12O2. The van der Waals surface area contributed by atoms with Crippen molar-refractivity contribution >= 4 is 6.29 Å². The van der Waals surface area contributed by atoms with Gasteiger partial charge < -0.3 is 9.90 Å². The predicted molar refractivity (Wildman–Crippen MR) is 29.1 cm³/mol. The van der Waals surface area contributed by atoms with Crippen LogP contribution in [-0.2, 0) is 4.79 Å². The first-order valence-electron chi connectivity index (χ1n) is 2.30. The van der Waals surface area contributed by atoms with Gasteiger partial charge in [0, 0.05) is 13.5 Å². The van der Waals surface area contributed by atoms with Crippen LogP contribution in [0.2, 0.25) is 0 Å². The van der Waals surface area contributed by atoms with Gasteiger partial charge in [-0.25, -0.2) is 0 Å². The molecule has 2 nitrogen and oxygen atoms in total. The van der Waals surface area contributed by atoms with Gasteiger partial charge in [0.25, 0.3) is 0 Å². The lowest BCUT2D eigenvalue weighted by molar-refractivity contribution is -0.107. The summed E-state index contributed by atoms with van der Waals surface area (Å²) in [5, 5.41) is 7.00. The molecule has 0 saturated carbocycles. The smallest absolute Gasteiger partial charge is 0.119 e. The number of rotatable bonds is 2. The number of aliphatic hydroxyl groups is 1. The third-order valence-electron chi connectivity index (χ3n) is 0.407. The van der Waals surface area contributed by atoms with Crippen molar-refractivity contribution < 1.29 is 9.90 Å². The van der Waals surface area contributed by atoms with Crippen LogP contribution in [0.3, 0.4) is 0 Å². The number of hydrogen-bond acceptors (Lipinski definition) is 2. The largest absolute Gasteiger partial charge is 0.400 e. The Hall–Kier alpha value is -0.370. The maximum absolute atomic E-state index is 9.40. The summed E-state index contributed by atoms with van der Waals surface area (Å²) >= 11 is 0. The first-order chi connectivity index (χ1) is 3.41. The second kappa shape index (κ2) is 17.4. The number of carbonyl (C=O) groups excluding carboxylic acids is 1. The molecule has 0 saturated heterocycles. The average molecular weight is 104 g/mol. The number of aliphatic hydroxyl groups excluding tert-OH is 1. The molecule has 2 heteroatoms. The molecule has 0 unspecified atom stereocenters. The Morgan fingerprint density at radius 3 is 2.00 bits per heavy atom. The van der Waals surface area contributed by atoms with Gasteiger partial charge in [-0.2, -0.15) is 0 Å². The molecule has 1 N–H and O–H groups in total. The SMILES string of the molecule is CCCC=O.CO. The number of carbonyl (C=O) groups is 1. The Morgan fingerprint density at radius 2 is 2.00 bits per heavy atom. The van der Waals surface area contributed by atoms with Crippen molar-refractivity contribution in [2.24, 2.45) is 0 Å². The number of unbranched alkanes of at least 4 members (excludes halogenated alkanes) is 1. The predicted octanol–water partition coefficient (Wildman–Crippen LogP) is 0.594. The zero-order valence-corrected chi connectivity index (χ0v) is 4.85. The molecule has 0 amide bonds. The van der Waals surface area contributed by atoms with Crippen molar-refractivity contribution in [3.8, 4) is 0 Å². The van der Waals surface area contributed by atoms with Crippen molar-refractivity contribution in [3.05, 3.63) is 0 Å². The van der Waals surface area contributed by atoms with Gasteiger partial charge in [0.1, 0.15) is 6.29 Å². The molecule has 0 fully saturated rings. The second-order valence-corrected chi connectivity index (χ2v) is 0.955. The fraction of sp³-hybridized carbons (Fsp3) is 0.800. The quantitative estimate of drug-likeness (QED) is 0.521. The molecule has 0 aliphatic rings. The molecule has 0 aliphatic carbocycles. The zero-order chi connectivity index (χ0) is 6.12. The van der Waals surface area contributed by atoms with Crippen molar-refractivity contribution in [3.63, 3.8) is 0 Å². The topological polar surface area (TPSA) is 37.3 Å². The van der Waals surface area contributed by atoms with Gasteiger partial charge in [-0.05, 0) is 6.42 Å². The maximum atomic E-state index is 9.40. The average Bonchev–Trinajstić information content (AvgIpc) is 1.75. The molecule has 7 heavy (non-hydrogen) atoms. The summed E-state index contributed by atoms with van der Waals surface area (Å²) in [5.41, 5.74) is 0. The lowest BCUT2D eigenvalue weighted by atomic mass is 10.4. The van der Waals surface area contributed by atoms with Crippen LogP contribution in [-0.4, -0.2) is 18.5 Å². The lowest BCUT2D eigenvalue weighted by Crippen LogP contribution is -1.64. The van der Waals surface area contributed by atoms with E-state index < -0.39 is 0 Å². The van der Waals surface area contributed by atoms with Gasteiger partial charge in [0.15, 0.2) is 0 Å². The molecule has 0 aliphatic heterocycles. The molecule has 0 aromatic carbocycles. The Morgan fingerprint density at radius 1 is 1.57 bits per heavy atom. The van der Waals surface area contributed by atoms with E-state index in [1.807, 2.05) is 6.92 Å². The Labute approximate surface area is 44.2 Å². The van der Waals surface area contributed by atoms with Crippen LogP contribution in [0.5, 0.6) is 0 Å². The normalized spacial score (nSPS) is 6.14. The molecule has 0 atom stereocenters. The maximum Gasteiger partial charge on any atom is 0.119 e. The summed E-state index contributed by atoms with van der Waals surface area (Å²) in [7, 11) is 1.00. The van der Waals surface area contributed by atoms with Crippen molar-refractivity contribution in [1.29, 1.82) is 0 Å². The summed E-state index contributed by atoms with van der Waals surface area (Å²) < 4.78 is 0. The molecule has 0 spiro atoms. The van der Waals surface area contributed by atoms with Gasteiger partial charge in [-0.3, -0.25) is 0 Å². The minimum Gasteiger partial charge on any atom is -0.400 e. The minimum absolute atomic E-state index is 0.708. The minimum atomic E-state index is 0.708. The first-order valence-corrected chi connectivity index (χ1v) is 2.30. The highest BCUT2D eigenvalue weighted by molar-refractivity contribution is 5.48. The highest BCUT2D eigenvalue weighted by Crippen LogP contribution is 1.74.